The normalized spacial score (nSPS) is 15.9. The molecule has 1 aromatic carbocycles. The molecule has 0 radical (unpaired) electrons. The molecule has 0 atom stereocenters. The Kier molecular flexibility index (Phi) is 5.74. The summed E-state index contributed by atoms with van der Waals surface area (Å²) < 4.78 is 26.5. The molecule has 1 fully saturated rings. The summed E-state index contributed by atoms with van der Waals surface area (Å²) in [5, 5.41) is 10.2. The number of hydrogen-bond donors (Lipinski definition) is 0. The van der Waals surface area contributed by atoms with Crippen LogP contribution in [0.15, 0.2) is 30.3 Å². The van der Waals surface area contributed by atoms with Crippen LogP contribution in [0.1, 0.15) is 31.9 Å². The first-order valence-electron chi connectivity index (χ1n) is 9.08. The summed E-state index contributed by atoms with van der Waals surface area (Å²) in [5.74, 6) is 0.234. The van der Waals surface area contributed by atoms with Crippen LogP contribution in [0.5, 0.6) is 0 Å². The van der Waals surface area contributed by atoms with E-state index in [0.717, 1.165) is 35.9 Å². The van der Waals surface area contributed by atoms with Crippen LogP contribution in [0.3, 0.4) is 0 Å². The zero-order valence-electron chi connectivity index (χ0n) is 15.1. The highest BCUT2D eigenvalue weighted by Gasteiger charge is 2.27. The summed E-state index contributed by atoms with van der Waals surface area (Å²) in [4.78, 5) is 6.51. The molecular formula is C19H24N4O2S. The summed E-state index contributed by atoms with van der Waals surface area (Å²) >= 11 is 0. The smallest absolute Gasteiger partial charge is 0.214 e. The van der Waals surface area contributed by atoms with E-state index in [4.69, 9.17) is 0 Å². The number of unbranched alkanes of at least 4 members (excludes halogenated alkanes) is 2. The van der Waals surface area contributed by atoms with Crippen molar-refractivity contribution in [3.05, 3.63) is 36.0 Å². The van der Waals surface area contributed by atoms with Crippen molar-refractivity contribution in [2.75, 3.05) is 36.8 Å². The van der Waals surface area contributed by atoms with E-state index >= 15 is 0 Å². The fourth-order valence-electron chi connectivity index (χ4n) is 3.35. The van der Waals surface area contributed by atoms with Crippen molar-refractivity contribution in [3.8, 4) is 6.07 Å². The third-order valence-corrected chi connectivity index (χ3v) is 6.74. The molecule has 1 aliphatic heterocycles. The van der Waals surface area contributed by atoms with E-state index < -0.39 is 10.0 Å². The third-order valence-electron chi connectivity index (χ3n) is 4.79. The van der Waals surface area contributed by atoms with Crippen molar-refractivity contribution in [3.63, 3.8) is 0 Å². The van der Waals surface area contributed by atoms with Gasteiger partial charge in [0, 0.05) is 37.3 Å². The zero-order valence-corrected chi connectivity index (χ0v) is 15.9. The van der Waals surface area contributed by atoms with Crippen LogP contribution in [0.2, 0.25) is 0 Å². The standard InChI is InChI=1S/C19H24N4O2S/c1-2-3-6-13-26(24,25)23-11-9-22(10-12-23)19-14-16(15-20)21-18-8-5-4-7-17(18)19/h4-5,7-8,14H,2-3,6,9-13H2,1H3. The van der Waals surface area contributed by atoms with Crippen molar-refractivity contribution >= 4 is 26.6 Å². The molecule has 0 unspecified atom stereocenters. The van der Waals surface area contributed by atoms with E-state index in [9.17, 15) is 13.7 Å². The fraction of sp³-hybridized carbons (Fsp3) is 0.474. The van der Waals surface area contributed by atoms with E-state index in [1.54, 1.807) is 10.4 Å². The molecule has 0 bridgehead atoms. The van der Waals surface area contributed by atoms with Gasteiger partial charge in [-0.3, -0.25) is 0 Å². The lowest BCUT2D eigenvalue weighted by Gasteiger charge is -2.36. The Balaban J connectivity index is 1.76. The SMILES string of the molecule is CCCCCS(=O)(=O)N1CCN(c2cc(C#N)nc3ccccc23)CC1. The second-order valence-electron chi connectivity index (χ2n) is 6.56. The van der Waals surface area contributed by atoms with Crippen LogP contribution < -0.4 is 4.90 Å². The summed E-state index contributed by atoms with van der Waals surface area (Å²) in [6, 6.07) is 11.7. The van der Waals surface area contributed by atoms with E-state index in [1.165, 1.54) is 0 Å². The van der Waals surface area contributed by atoms with Gasteiger partial charge in [-0.05, 0) is 18.6 Å². The van der Waals surface area contributed by atoms with Crippen molar-refractivity contribution in [2.45, 2.75) is 26.2 Å². The third kappa shape index (κ3) is 3.97. The first-order valence-corrected chi connectivity index (χ1v) is 10.7. The molecule has 7 heteroatoms. The molecule has 0 aliphatic carbocycles. The van der Waals surface area contributed by atoms with Crippen LogP contribution >= 0.6 is 0 Å². The minimum atomic E-state index is -3.17. The fourth-order valence-corrected chi connectivity index (χ4v) is 4.89. The number of sulfonamides is 1. The Hall–Kier alpha value is -2.17. The number of anilines is 1. The molecule has 0 spiro atoms. The average Bonchev–Trinajstić information content (AvgIpc) is 2.67. The Morgan fingerprint density at radius 1 is 1.15 bits per heavy atom. The quantitative estimate of drug-likeness (QED) is 0.729. The Bertz CT molecular complexity index is 913. The van der Waals surface area contributed by atoms with Gasteiger partial charge >= 0.3 is 0 Å². The predicted octanol–water partition coefficient (Wildman–Crippen LogP) is 2.75. The molecule has 0 saturated carbocycles. The van der Waals surface area contributed by atoms with Gasteiger partial charge in [0.25, 0.3) is 0 Å². The van der Waals surface area contributed by atoms with Crippen molar-refractivity contribution in [1.29, 1.82) is 5.26 Å². The first-order chi connectivity index (χ1) is 12.5. The van der Waals surface area contributed by atoms with Gasteiger partial charge in [0.1, 0.15) is 11.8 Å². The van der Waals surface area contributed by atoms with Gasteiger partial charge in [0.15, 0.2) is 0 Å². The van der Waals surface area contributed by atoms with Gasteiger partial charge in [0.2, 0.25) is 10.0 Å². The van der Waals surface area contributed by atoms with Crippen molar-refractivity contribution in [1.82, 2.24) is 9.29 Å². The molecule has 1 saturated heterocycles. The van der Waals surface area contributed by atoms with Gasteiger partial charge in [-0.1, -0.05) is 38.0 Å². The molecule has 0 amide bonds. The van der Waals surface area contributed by atoms with Crippen LogP contribution in [0, 0.1) is 11.3 Å². The maximum Gasteiger partial charge on any atom is 0.214 e. The van der Waals surface area contributed by atoms with Crippen molar-refractivity contribution in [2.24, 2.45) is 0 Å². The number of para-hydroxylation sites is 1. The van der Waals surface area contributed by atoms with Gasteiger partial charge in [-0.25, -0.2) is 13.4 Å². The largest absolute Gasteiger partial charge is 0.368 e. The molecule has 2 heterocycles. The minimum Gasteiger partial charge on any atom is -0.368 e. The molecule has 1 aliphatic rings. The van der Waals surface area contributed by atoms with Crippen LogP contribution in [0.25, 0.3) is 10.9 Å². The lowest BCUT2D eigenvalue weighted by Crippen LogP contribution is -2.49. The number of benzene rings is 1. The molecule has 138 valence electrons. The van der Waals surface area contributed by atoms with E-state index in [-0.39, 0.29) is 5.75 Å². The number of pyridine rings is 1. The maximum absolute atomic E-state index is 12.5. The average molecular weight is 372 g/mol. The van der Waals surface area contributed by atoms with Crippen LogP contribution in [-0.2, 0) is 10.0 Å². The highest BCUT2D eigenvalue weighted by Crippen LogP contribution is 2.28. The van der Waals surface area contributed by atoms with E-state index in [1.807, 2.05) is 24.3 Å². The summed E-state index contributed by atoms with van der Waals surface area (Å²) in [6.45, 7) is 4.26. The second-order valence-corrected chi connectivity index (χ2v) is 8.65. The highest BCUT2D eigenvalue weighted by atomic mass is 32.2. The predicted molar refractivity (Wildman–Crippen MR) is 104 cm³/mol. The molecule has 26 heavy (non-hydrogen) atoms. The van der Waals surface area contributed by atoms with Gasteiger partial charge < -0.3 is 4.90 Å². The Labute approximate surface area is 155 Å². The highest BCUT2D eigenvalue weighted by molar-refractivity contribution is 7.89. The van der Waals surface area contributed by atoms with Crippen LogP contribution in [-0.4, -0.2) is 49.6 Å². The van der Waals surface area contributed by atoms with Gasteiger partial charge in [-0.15, -0.1) is 0 Å². The number of rotatable bonds is 6. The molecular weight excluding hydrogens is 348 g/mol. The number of aromatic nitrogens is 1. The molecule has 6 nitrogen and oxygen atoms in total. The Morgan fingerprint density at radius 3 is 2.58 bits per heavy atom. The molecule has 2 aromatic rings. The number of piperazine rings is 1. The second kappa shape index (κ2) is 8.02. The van der Waals surface area contributed by atoms with E-state index in [0.29, 0.717) is 31.9 Å². The number of nitriles is 1. The zero-order chi connectivity index (χ0) is 18.6. The maximum atomic E-state index is 12.5. The minimum absolute atomic E-state index is 0.234. The van der Waals surface area contributed by atoms with Crippen LogP contribution in [0.4, 0.5) is 5.69 Å². The molecule has 0 N–H and O–H groups in total. The summed E-state index contributed by atoms with van der Waals surface area (Å²) in [6.07, 6.45) is 2.68. The van der Waals surface area contributed by atoms with Gasteiger partial charge in [-0.2, -0.15) is 9.57 Å². The topological polar surface area (TPSA) is 77.3 Å². The van der Waals surface area contributed by atoms with E-state index in [2.05, 4.69) is 22.9 Å². The molecule has 1 aromatic heterocycles. The Morgan fingerprint density at radius 2 is 1.88 bits per heavy atom. The molecule has 3 rings (SSSR count). The lowest BCUT2D eigenvalue weighted by molar-refractivity contribution is 0.384. The number of hydrogen-bond acceptors (Lipinski definition) is 5. The number of fused-ring (bicyclic) bond motifs is 1. The summed E-state index contributed by atoms with van der Waals surface area (Å²) in [7, 11) is -3.17. The first kappa shape index (κ1) is 18.6. The summed E-state index contributed by atoms with van der Waals surface area (Å²) in [5.41, 5.74) is 2.12. The van der Waals surface area contributed by atoms with Gasteiger partial charge in [0.05, 0.1) is 11.3 Å². The lowest BCUT2D eigenvalue weighted by atomic mass is 10.1. The number of nitrogens with zero attached hydrogens (tertiary/aromatic N) is 4. The van der Waals surface area contributed by atoms with Crippen molar-refractivity contribution < 1.29 is 8.42 Å². The monoisotopic (exact) mass is 372 g/mol.